The van der Waals surface area contributed by atoms with Gasteiger partial charge >= 0.3 is 0 Å². The maximum absolute atomic E-state index is 5.64. The van der Waals surface area contributed by atoms with Crippen LogP contribution in [0, 0.1) is 5.92 Å². The van der Waals surface area contributed by atoms with Crippen LogP contribution in [0.25, 0.3) is 0 Å². The minimum Gasteiger partial charge on any atom is -0.330 e. The van der Waals surface area contributed by atoms with E-state index in [4.69, 9.17) is 5.73 Å². The molecule has 1 aromatic rings. The van der Waals surface area contributed by atoms with E-state index in [1.54, 1.807) is 11.3 Å². The van der Waals surface area contributed by atoms with Crippen LogP contribution in [0.4, 0.5) is 0 Å². The molecule has 0 aromatic carbocycles. The Bertz CT molecular complexity index is 325. The molecule has 2 nitrogen and oxygen atoms in total. The van der Waals surface area contributed by atoms with E-state index in [2.05, 4.69) is 32.3 Å². The zero-order chi connectivity index (χ0) is 11.4. The van der Waals surface area contributed by atoms with Gasteiger partial charge in [0.2, 0.25) is 0 Å². The number of nitrogens with two attached hydrogens (primary N) is 1. The van der Waals surface area contributed by atoms with Crippen LogP contribution in [0.2, 0.25) is 0 Å². The van der Waals surface area contributed by atoms with E-state index >= 15 is 0 Å². The van der Waals surface area contributed by atoms with Gasteiger partial charge in [0.05, 0.1) is 3.79 Å². The number of likely N-dealkylation sites (tertiary alicyclic amines) is 1. The minimum absolute atomic E-state index is 0.820. The number of thiophene rings is 1. The SMILES string of the molecule is NCCC1CCCN(Cc2csc(Br)c2)C1. The molecule has 1 fully saturated rings. The van der Waals surface area contributed by atoms with Crippen molar-refractivity contribution in [3.8, 4) is 0 Å². The molecule has 2 rings (SSSR count). The van der Waals surface area contributed by atoms with Crippen LogP contribution in [0.1, 0.15) is 24.8 Å². The van der Waals surface area contributed by atoms with Crippen molar-refractivity contribution in [2.45, 2.75) is 25.8 Å². The fourth-order valence-corrected chi connectivity index (χ4v) is 3.65. The second kappa shape index (κ2) is 6.15. The van der Waals surface area contributed by atoms with Crippen molar-refractivity contribution in [2.75, 3.05) is 19.6 Å². The lowest BCUT2D eigenvalue weighted by Crippen LogP contribution is -2.35. The summed E-state index contributed by atoms with van der Waals surface area (Å²) in [7, 11) is 0. The summed E-state index contributed by atoms with van der Waals surface area (Å²) in [6.07, 6.45) is 3.88. The van der Waals surface area contributed by atoms with E-state index in [-0.39, 0.29) is 0 Å². The van der Waals surface area contributed by atoms with Gasteiger partial charge in [-0.05, 0) is 71.2 Å². The predicted octanol–water partition coefficient (Wildman–Crippen LogP) is 3.07. The maximum atomic E-state index is 5.64. The van der Waals surface area contributed by atoms with E-state index in [0.717, 1.165) is 19.0 Å². The Kier molecular flexibility index (Phi) is 4.82. The third-order valence-corrected chi connectivity index (χ3v) is 4.76. The van der Waals surface area contributed by atoms with Crippen molar-refractivity contribution >= 4 is 27.3 Å². The normalized spacial score (nSPS) is 22.5. The van der Waals surface area contributed by atoms with Crippen LogP contribution in [-0.2, 0) is 6.54 Å². The van der Waals surface area contributed by atoms with Gasteiger partial charge in [0.25, 0.3) is 0 Å². The topological polar surface area (TPSA) is 29.3 Å². The zero-order valence-corrected chi connectivity index (χ0v) is 11.9. The van der Waals surface area contributed by atoms with Gasteiger partial charge in [0.1, 0.15) is 0 Å². The van der Waals surface area contributed by atoms with Crippen LogP contribution in [-0.4, -0.2) is 24.5 Å². The highest BCUT2D eigenvalue weighted by molar-refractivity contribution is 9.11. The van der Waals surface area contributed by atoms with Crippen LogP contribution < -0.4 is 5.73 Å². The van der Waals surface area contributed by atoms with Crippen molar-refractivity contribution in [3.05, 3.63) is 20.8 Å². The standard InChI is InChI=1S/C12H19BrN2S/c13-12-6-11(9-16-12)8-15-5-1-2-10(7-15)3-4-14/h6,9-10H,1-5,7-8,14H2. The molecule has 2 heterocycles. The Morgan fingerprint density at radius 3 is 3.12 bits per heavy atom. The van der Waals surface area contributed by atoms with Crippen molar-refractivity contribution in [2.24, 2.45) is 11.7 Å². The van der Waals surface area contributed by atoms with E-state index < -0.39 is 0 Å². The molecule has 1 aliphatic heterocycles. The molecule has 1 unspecified atom stereocenters. The molecule has 0 aliphatic carbocycles. The summed E-state index contributed by atoms with van der Waals surface area (Å²) in [4.78, 5) is 2.57. The lowest BCUT2D eigenvalue weighted by atomic mass is 9.95. The average molecular weight is 303 g/mol. The zero-order valence-electron chi connectivity index (χ0n) is 9.49. The highest BCUT2D eigenvalue weighted by atomic mass is 79.9. The van der Waals surface area contributed by atoms with Crippen LogP contribution in [0.15, 0.2) is 15.2 Å². The number of halogens is 1. The van der Waals surface area contributed by atoms with E-state index in [0.29, 0.717) is 0 Å². The lowest BCUT2D eigenvalue weighted by Gasteiger charge is -2.32. The Hall–Kier alpha value is 0.100. The molecular weight excluding hydrogens is 284 g/mol. The lowest BCUT2D eigenvalue weighted by molar-refractivity contribution is 0.163. The summed E-state index contributed by atoms with van der Waals surface area (Å²) in [5.41, 5.74) is 7.07. The largest absolute Gasteiger partial charge is 0.330 e. The molecule has 0 amide bonds. The third kappa shape index (κ3) is 3.55. The molecule has 0 radical (unpaired) electrons. The number of hydrogen-bond donors (Lipinski definition) is 1. The van der Waals surface area contributed by atoms with E-state index in [9.17, 15) is 0 Å². The summed E-state index contributed by atoms with van der Waals surface area (Å²) in [6.45, 7) is 4.41. The van der Waals surface area contributed by atoms with Crippen LogP contribution >= 0.6 is 27.3 Å². The van der Waals surface area contributed by atoms with Gasteiger partial charge in [-0.15, -0.1) is 11.3 Å². The molecule has 16 heavy (non-hydrogen) atoms. The van der Waals surface area contributed by atoms with Gasteiger partial charge in [0.15, 0.2) is 0 Å². The van der Waals surface area contributed by atoms with Crippen molar-refractivity contribution in [1.29, 1.82) is 0 Å². The Labute approximate surface area is 110 Å². The molecule has 2 N–H and O–H groups in total. The summed E-state index contributed by atoms with van der Waals surface area (Å²) < 4.78 is 1.23. The number of rotatable bonds is 4. The molecule has 1 saturated heterocycles. The molecule has 90 valence electrons. The van der Waals surface area contributed by atoms with Crippen molar-refractivity contribution in [3.63, 3.8) is 0 Å². The van der Waals surface area contributed by atoms with Gasteiger partial charge in [0, 0.05) is 13.1 Å². The minimum atomic E-state index is 0.820. The average Bonchev–Trinajstić information content (AvgIpc) is 2.65. The van der Waals surface area contributed by atoms with Gasteiger partial charge < -0.3 is 5.73 Å². The molecule has 0 bridgehead atoms. The number of piperidine rings is 1. The van der Waals surface area contributed by atoms with Gasteiger partial charge in [-0.2, -0.15) is 0 Å². The molecule has 1 aliphatic rings. The quantitative estimate of drug-likeness (QED) is 0.926. The second-order valence-electron chi connectivity index (χ2n) is 4.58. The highest BCUT2D eigenvalue weighted by Gasteiger charge is 2.19. The van der Waals surface area contributed by atoms with Crippen LogP contribution in [0.5, 0.6) is 0 Å². The van der Waals surface area contributed by atoms with E-state index in [1.165, 1.54) is 41.7 Å². The van der Waals surface area contributed by atoms with E-state index in [1.807, 2.05) is 0 Å². The van der Waals surface area contributed by atoms with Gasteiger partial charge in [-0.25, -0.2) is 0 Å². The number of hydrogen-bond acceptors (Lipinski definition) is 3. The first kappa shape index (κ1) is 12.6. The predicted molar refractivity (Wildman–Crippen MR) is 73.7 cm³/mol. The smallest absolute Gasteiger partial charge is 0.0701 e. The fraction of sp³-hybridized carbons (Fsp3) is 0.667. The molecule has 4 heteroatoms. The molecular formula is C12H19BrN2S. The fourth-order valence-electron chi connectivity index (χ4n) is 2.45. The first-order valence-electron chi connectivity index (χ1n) is 5.93. The monoisotopic (exact) mass is 302 g/mol. The van der Waals surface area contributed by atoms with Crippen molar-refractivity contribution in [1.82, 2.24) is 4.90 Å². The third-order valence-electron chi connectivity index (χ3n) is 3.21. The van der Waals surface area contributed by atoms with Gasteiger partial charge in [-0.3, -0.25) is 4.90 Å². The Morgan fingerprint density at radius 2 is 2.44 bits per heavy atom. The summed E-state index contributed by atoms with van der Waals surface area (Å²) >= 11 is 5.29. The molecule has 0 saturated carbocycles. The molecule has 0 spiro atoms. The first-order valence-corrected chi connectivity index (χ1v) is 7.60. The Balaban J connectivity index is 1.85. The first-order chi connectivity index (χ1) is 7.78. The maximum Gasteiger partial charge on any atom is 0.0701 e. The van der Waals surface area contributed by atoms with Crippen LogP contribution in [0.3, 0.4) is 0 Å². The summed E-state index contributed by atoms with van der Waals surface area (Å²) in [6, 6.07) is 2.23. The second-order valence-corrected chi connectivity index (χ2v) is 6.87. The van der Waals surface area contributed by atoms with Crippen molar-refractivity contribution < 1.29 is 0 Å². The van der Waals surface area contributed by atoms with Gasteiger partial charge in [-0.1, -0.05) is 0 Å². The molecule has 1 atom stereocenters. The summed E-state index contributed by atoms with van der Waals surface area (Å²) in [5, 5.41) is 2.25. The highest BCUT2D eigenvalue weighted by Crippen LogP contribution is 2.24. The number of nitrogens with zero attached hydrogens (tertiary/aromatic N) is 1. The Morgan fingerprint density at radius 1 is 1.56 bits per heavy atom. The summed E-state index contributed by atoms with van der Waals surface area (Å²) in [5.74, 6) is 0.820. The molecule has 1 aromatic heterocycles.